The Hall–Kier alpha value is -0.250. The first-order chi connectivity index (χ1) is 8.52. The van der Waals surface area contributed by atoms with Crippen molar-refractivity contribution in [1.29, 1.82) is 0 Å². The van der Waals surface area contributed by atoms with E-state index in [1.165, 1.54) is 6.07 Å². The van der Waals surface area contributed by atoms with E-state index < -0.39 is 10.8 Å². The predicted molar refractivity (Wildman–Crippen MR) is 77.6 cm³/mol. The van der Waals surface area contributed by atoms with Gasteiger partial charge >= 0.3 is 0 Å². The third-order valence-electron chi connectivity index (χ3n) is 2.23. The maximum Gasteiger partial charge on any atom is 0.0865 e. The first kappa shape index (κ1) is 14.2. The fraction of sp³-hybridized carbons (Fsp3) is 0. The van der Waals surface area contributed by atoms with Crippen LogP contribution < -0.4 is 0 Å². The Morgan fingerprint density at radius 3 is 2.06 bits per heavy atom. The van der Waals surface area contributed by atoms with E-state index in [2.05, 4.69) is 0 Å². The van der Waals surface area contributed by atoms with Crippen molar-refractivity contribution < 1.29 is 4.21 Å². The molecule has 0 aliphatic heterocycles. The van der Waals surface area contributed by atoms with Gasteiger partial charge in [-0.05, 0) is 18.2 Å². The summed E-state index contributed by atoms with van der Waals surface area (Å²) in [6.45, 7) is 0. The van der Waals surface area contributed by atoms with Gasteiger partial charge in [-0.2, -0.15) is 0 Å². The van der Waals surface area contributed by atoms with E-state index >= 15 is 0 Å². The summed E-state index contributed by atoms with van der Waals surface area (Å²) in [7, 11) is -1.45. The first-order valence-corrected chi connectivity index (χ1v) is 7.48. The maximum atomic E-state index is 12.3. The zero-order valence-corrected chi connectivity index (χ0v) is 12.6. The van der Waals surface area contributed by atoms with E-state index in [1.807, 2.05) is 6.07 Å². The molecule has 0 heterocycles. The Balaban J connectivity index is 2.56. The summed E-state index contributed by atoms with van der Waals surface area (Å²) in [5, 5.41) is 0.667. The van der Waals surface area contributed by atoms with E-state index in [0.717, 1.165) is 0 Å². The third-order valence-corrected chi connectivity index (χ3v) is 5.51. The van der Waals surface area contributed by atoms with Crippen LogP contribution in [-0.4, -0.2) is 4.21 Å². The molecule has 18 heavy (non-hydrogen) atoms. The lowest BCUT2D eigenvalue weighted by Gasteiger charge is -2.09. The van der Waals surface area contributed by atoms with Crippen molar-refractivity contribution >= 4 is 57.2 Å². The zero-order chi connectivity index (χ0) is 13.3. The smallest absolute Gasteiger partial charge is 0.0865 e. The van der Waals surface area contributed by atoms with Crippen molar-refractivity contribution in [2.45, 2.75) is 9.79 Å². The summed E-state index contributed by atoms with van der Waals surface area (Å²) in [5.41, 5.74) is 0. The van der Waals surface area contributed by atoms with Gasteiger partial charge in [-0.15, -0.1) is 0 Å². The van der Waals surface area contributed by atoms with Gasteiger partial charge in [0.25, 0.3) is 0 Å². The van der Waals surface area contributed by atoms with Crippen LogP contribution in [0, 0.1) is 0 Å². The Morgan fingerprint density at radius 1 is 0.833 bits per heavy atom. The molecule has 94 valence electrons. The average Bonchev–Trinajstić information content (AvgIpc) is 2.41. The molecule has 0 saturated carbocycles. The Labute approximate surface area is 127 Å². The van der Waals surface area contributed by atoms with Gasteiger partial charge in [0.15, 0.2) is 0 Å². The molecule has 0 bridgehead atoms. The largest absolute Gasteiger partial charge is 0.249 e. The van der Waals surface area contributed by atoms with Gasteiger partial charge in [0.1, 0.15) is 0 Å². The fourth-order valence-corrected chi connectivity index (χ4v) is 3.64. The maximum absolute atomic E-state index is 12.3. The molecule has 1 unspecified atom stereocenters. The molecule has 2 aromatic carbocycles. The summed E-state index contributed by atoms with van der Waals surface area (Å²) in [4.78, 5) is 0.969. The molecule has 6 heteroatoms. The van der Waals surface area contributed by atoms with Crippen LogP contribution >= 0.6 is 46.4 Å². The number of benzene rings is 2. The molecule has 1 atom stereocenters. The highest BCUT2D eigenvalue weighted by molar-refractivity contribution is 7.85. The number of rotatable bonds is 2. The highest BCUT2D eigenvalue weighted by atomic mass is 35.5. The molecule has 2 rings (SSSR count). The molecule has 0 aromatic heterocycles. The van der Waals surface area contributed by atoms with Gasteiger partial charge in [-0.1, -0.05) is 64.6 Å². The van der Waals surface area contributed by atoms with Gasteiger partial charge < -0.3 is 0 Å². The van der Waals surface area contributed by atoms with Crippen LogP contribution in [-0.2, 0) is 10.8 Å². The topological polar surface area (TPSA) is 17.1 Å². The second-order valence-electron chi connectivity index (χ2n) is 3.38. The monoisotopic (exact) mass is 338 g/mol. The molecule has 0 amide bonds. The summed E-state index contributed by atoms with van der Waals surface area (Å²) < 4.78 is 12.3. The number of hydrogen-bond acceptors (Lipinski definition) is 1. The van der Waals surface area contributed by atoms with Crippen molar-refractivity contribution in [2.24, 2.45) is 0 Å². The molecule has 0 radical (unpaired) electrons. The number of hydrogen-bond donors (Lipinski definition) is 0. The average molecular weight is 340 g/mol. The molecule has 0 saturated heterocycles. The molecule has 0 aliphatic rings. The van der Waals surface area contributed by atoms with Gasteiger partial charge in [0.2, 0.25) is 0 Å². The summed E-state index contributed by atoms with van der Waals surface area (Å²) in [5.74, 6) is 0. The molecule has 0 N–H and O–H groups in total. The third kappa shape index (κ3) is 2.68. The minimum Gasteiger partial charge on any atom is -0.249 e. The van der Waals surface area contributed by atoms with Crippen molar-refractivity contribution in [1.82, 2.24) is 0 Å². The summed E-state index contributed by atoms with van der Waals surface area (Å²) >= 11 is 23.8. The van der Waals surface area contributed by atoms with E-state index in [0.29, 0.717) is 9.79 Å². The second kappa shape index (κ2) is 5.81. The molecule has 2 aromatic rings. The molecule has 0 aliphatic carbocycles. The zero-order valence-electron chi connectivity index (χ0n) is 8.79. The summed E-state index contributed by atoms with van der Waals surface area (Å²) in [6.07, 6.45) is 0. The SMILES string of the molecule is O=S(c1ccccc1)c1cc(Cl)c(Cl)c(Cl)c1Cl. The molecular weight excluding hydrogens is 334 g/mol. The predicted octanol–water partition coefficient (Wildman–Crippen LogP) is 5.47. The minimum atomic E-state index is -1.45. The molecule has 0 spiro atoms. The van der Waals surface area contributed by atoms with E-state index in [-0.39, 0.29) is 20.1 Å². The highest BCUT2D eigenvalue weighted by Crippen LogP contribution is 2.40. The van der Waals surface area contributed by atoms with Crippen LogP contribution in [0.3, 0.4) is 0 Å². The van der Waals surface area contributed by atoms with Crippen LogP contribution in [0.5, 0.6) is 0 Å². The van der Waals surface area contributed by atoms with Crippen LogP contribution in [0.1, 0.15) is 0 Å². The van der Waals surface area contributed by atoms with Gasteiger partial charge in [0, 0.05) is 4.90 Å². The lowest BCUT2D eigenvalue weighted by molar-refractivity contribution is 0.683. The Bertz CT molecular complexity index is 613. The van der Waals surface area contributed by atoms with Crippen molar-refractivity contribution in [3.05, 3.63) is 56.5 Å². The van der Waals surface area contributed by atoms with Crippen LogP contribution in [0.15, 0.2) is 46.2 Å². The van der Waals surface area contributed by atoms with Gasteiger partial charge in [-0.3, -0.25) is 0 Å². The van der Waals surface area contributed by atoms with E-state index in [4.69, 9.17) is 46.4 Å². The standard InChI is InChI=1S/C12H6Cl4OS/c13-8-6-9(11(15)12(16)10(8)14)18(17)7-4-2-1-3-5-7/h1-6H. The molecule has 1 nitrogen and oxygen atoms in total. The van der Waals surface area contributed by atoms with Crippen LogP contribution in [0.25, 0.3) is 0 Å². The van der Waals surface area contributed by atoms with Crippen molar-refractivity contribution in [2.75, 3.05) is 0 Å². The Morgan fingerprint density at radius 2 is 1.44 bits per heavy atom. The quantitative estimate of drug-likeness (QED) is 0.524. The lowest BCUT2D eigenvalue weighted by atomic mass is 10.3. The molecular formula is C12H6Cl4OS. The van der Waals surface area contributed by atoms with Crippen LogP contribution in [0.2, 0.25) is 20.1 Å². The molecule has 0 fully saturated rings. The first-order valence-electron chi connectivity index (χ1n) is 4.82. The van der Waals surface area contributed by atoms with E-state index in [9.17, 15) is 4.21 Å². The summed E-state index contributed by atoms with van der Waals surface area (Å²) in [6, 6.07) is 10.4. The normalized spacial score (nSPS) is 12.4. The second-order valence-corrected chi connectivity index (χ2v) is 6.37. The van der Waals surface area contributed by atoms with Gasteiger partial charge in [0.05, 0.1) is 35.8 Å². The number of halogens is 4. The highest BCUT2D eigenvalue weighted by Gasteiger charge is 2.18. The lowest BCUT2D eigenvalue weighted by Crippen LogP contribution is -1.95. The minimum absolute atomic E-state index is 0.116. The van der Waals surface area contributed by atoms with Crippen molar-refractivity contribution in [3.8, 4) is 0 Å². The van der Waals surface area contributed by atoms with Crippen LogP contribution in [0.4, 0.5) is 0 Å². The van der Waals surface area contributed by atoms with E-state index in [1.54, 1.807) is 24.3 Å². The Kier molecular flexibility index (Phi) is 4.57. The van der Waals surface area contributed by atoms with Gasteiger partial charge in [-0.25, -0.2) is 4.21 Å². The fourth-order valence-electron chi connectivity index (χ4n) is 1.36. The van der Waals surface area contributed by atoms with Crippen molar-refractivity contribution in [3.63, 3.8) is 0 Å².